The minimum atomic E-state index is 0.0508. The summed E-state index contributed by atoms with van der Waals surface area (Å²) in [6, 6.07) is 21.8. The van der Waals surface area contributed by atoms with Gasteiger partial charge in [-0.05, 0) is 48.6 Å². The highest BCUT2D eigenvalue weighted by molar-refractivity contribution is 5.86. The van der Waals surface area contributed by atoms with Crippen molar-refractivity contribution in [1.82, 2.24) is 9.55 Å². The first-order chi connectivity index (χ1) is 14.3. The summed E-state index contributed by atoms with van der Waals surface area (Å²) in [6.07, 6.45) is 8.44. The fraction of sp³-hybridized carbons (Fsp3) is 0.200. The Morgan fingerprint density at radius 3 is 2.31 bits per heavy atom. The van der Waals surface area contributed by atoms with Crippen molar-refractivity contribution >= 4 is 22.4 Å². The Morgan fingerprint density at radius 2 is 1.59 bits per heavy atom. The van der Waals surface area contributed by atoms with Gasteiger partial charge in [-0.3, -0.25) is 14.3 Å². The molecule has 0 saturated heterocycles. The summed E-state index contributed by atoms with van der Waals surface area (Å²) in [5.74, 6) is 1.17. The maximum atomic E-state index is 13.3. The maximum Gasteiger partial charge on any atom is 0.191 e. The normalized spacial score (nSPS) is 14.3. The molecule has 4 heteroatoms. The van der Waals surface area contributed by atoms with Crippen LogP contribution < -0.4 is 10.7 Å². The molecule has 1 fully saturated rings. The number of nitrogens with zero attached hydrogens (tertiary/aromatic N) is 2. The number of nitrogens with one attached hydrogen (secondary N) is 1. The zero-order valence-corrected chi connectivity index (χ0v) is 16.2. The first kappa shape index (κ1) is 17.7. The Labute approximate surface area is 169 Å². The van der Waals surface area contributed by atoms with E-state index in [1.165, 1.54) is 12.8 Å². The van der Waals surface area contributed by atoms with E-state index in [-0.39, 0.29) is 5.43 Å². The molecular weight excluding hydrogens is 358 g/mol. The van der Waals surface area contributed by atoms with Crippen molar-refractivity contribution in [3.63, 3.8) is 0 Å². The van der Waals surface area contributed by atoms with Crippen LogP contribution in [0.2, 0.25) is 0 Å². The summed E-state index contributed by atoms with van der Waals surface area (Å²) in [5.41, 5.74) is 3.94. The van der Waals surface area contributed by atoms with Gasteiger partial charge in [-0.15, -0.1) is 0 Å². The smallest absolute Gasteiger partial charge is 0.191 e. The van der Waals surface area contributed by atoms with Crippen molar-refractivity contribution in [2.75, 3.05) is 5.32 Å². The van der Waals surface area contributed by atoms with E-state index in [9.17, 15) is 4.79 Å². The van der Waals surface area contributed by atoms with Crippen molar-refractivity contribution in [3.05, 3.63) is 94.9 Å². The molecule has 2 aromatic carbocycles. The Hall–Kier alpha value is -3.40. The predicted octanol–water partition coefficient (Wildman–Crippen LogP) is 5.79. The van der Waals surface area contributed by atoms with Crippen LogP contribution in [0.3, 0.4) is 0 Å². The molecule has 0 atom stereocenters. The second-order valence-electron chi connectivity index (χ2n) is 7.66. The summed E-state index contributed by atoms with van der Waals surface area (Å²) in [5, 5.41) is 4.23. The van der Waals surface area contributed by atoms with Crippen LogP contribution in [0.5, 0.6) is 0 Å². The second-order valence-corrected chi connectivity index (χ2v) is 7.66. The van der Waals surface area contributed by atoms with Crippen molar-refractivity contribution < 1.29 is 0 Å². The minimum absolute atomic E-state index is 0.0508. The molecule has 0 radical (unpaired) electrons. The minimum Gasteiger partial charge on any atom is -0.341 e. The van der Waals surface area contributed by atoms with Crippen LogP contribution in [0.4, 0.5) is 11.5 Å². The number of para-hydroxylation sites is 2. The molecule has 144 valence electrons. The lowest BCUT2D eigenvalue weighted by molar-refractivity contribution is 0.725. The van der Waals surface area contributed by atoms with E-state index < -0.39 is 0 Å². The van der Waals surface area contributed by atoms with Gasteiger partial charge < -0.3 is 5.32 Å². The van der Waals surface area contributed by atoms with Crippen LogP contribution in [-0.2, 0) is 0 Å². The zero-order chi connectivity index (χ0) is 19.6. The van der Waals surface area contributed by atoms with Crippen LogP contribution in [-0.4, -0.2) is 9.55 Å². The van der Waals surface area contributed by atoms with E-state index in [1.54, 1.807) is 6.07 Å². The third-order valence-corrected chi connectivity index (χ3v) is 5.81. The molecule has 2 aromatic heterocycles. The molecule has 4 aromatic rings. The van der Waals surface area contributed by atoms with Gasteiger partial charge in [0.1, 0.15) is 5.82 Å². The molecule has 2 heterocycles. The topological polar surface area (TPSA) is 46.9 Å². The quantitative estimate of drug-likeness (QED) is 0.487. The highest BCUT2D eigenvalue weighted by Crippen LogP contribution is 2.37. The average Bonchev–Trinajstić information content (AvgIpc) is 3.30. The third kappa shape index (κ3) is 3.31. The predicted molar refractivity (Wildman–Crippen MR) is 118 cm³/mol. The van der Waals surface area contributed by atoms with Crippen molar-refractivity contribution in [1.29, 1.82) is 0 Å². The van der Waals surface area contributed by atoms with Gasteiger partial charge in [-0.1, -0.05) is 49.2 Å². The van der Waals surface area contributed by atoms with Crippen LogP contribution in [0, 0.1) is 0 Å². The molecule has 1 aliphatic rings. The summed E-state index contributed by atoms with van der Waals surface area (Å²) in [4.78, 5) is 17.8. The Balaban J connectivity index is 1.78. The van der Waals surface area contributed by atoms with Gasteiger partial charge in [0.25, 0.3) is 0 Å². The molecular formula is C25H23N3O. The molecule has 0 bridgehead atoms. The Bertz CT molecular complexity index is 1190. The first-order valence-electron chi connectivity index (χ1n) is 10.2. The summed E-state index contributed by atoms with van der Waals surface area (Å²) in [7, 11) is 0. The second kappa shape index (κ2) is 7.55. The number of hydrogen-bond donors (Lipinski definition) is 1. The van der Waals surface area contributed by atoms with Crippen LogP contribution in [0.25, 0.3) is 16.6 Å². The van der Waals surface area contributed by atoms with Gasteiger partial charge in [-0.2, -0.15) is 0 Å². The van der Waals surface area contributed by atoms with Crippen LogP contribution in [0.1, 0.15) is 37.2 Å². The largest absolute Gasteiger partial charge is 0.341 e. The summed E-state index contributed by atoms with van der Waals surface area (Å²) < 4.78 is 2.11. The van der Waals surface area contributed by atoms with E-state index in [0.29, 0.717) is 5.92 Å². The standard InChI is InChI=1S/C25H23N3O/c29-23-15-24(27-19-11-3-1-4-12-19)28(20-13-5-2-6-14-20)22-17-26-16-21(25(22)23)18-9-7-8-10-18/h1-6,11-18,27H,7-10H2. The lowest BCUT2D eigenvalue weighted by Gasteiger charge is -2.20. The molecule has 5 rings (SSSR count). The van der Waals surface area contributed by atoms with Gasteiger partial charge >= 0.3 is 0 Å². The molecule has 0 spiro atoms. The molecule has 1 aliphatic carbocycles. The number of rotatable bonds is 4. The third-order valence-electron chi connectivity index (χ3n) is 5.81. The Kier molecular flexibility index (Phi) is 4.60. The highest BCUT2D eigenvalue weighted by atomic mass is 16.1. The summed E-state index contributed by atoms with van der Waals surface area (Å²) in [6.45, 7) is 0. The molecule has 1 N–H and O–H groups in total. The number of benzene rings is 2. The lowest BCUT2D eigenvalue weighted by Crippen LogP contribution is -2.15. The van der Waals surface area contributed by atoms with Crippen LogP contribution in [0.15, 0.2) is 83.9 Å². The monoisotopic (exact) mass is 381 g/mol. The fourth-order valence-electron chi connectivity index (χ4n) is 4.46. The molecule has 0 amide bonds. The van der Waals surface area contributed by atoms with E-state index >= 15 is 0 Å². The maximum absolute atomic E-state index is 13.3. The summed E-state index contributed by atoms with van der Waals surface area (Å²) >= 11 is 0. The molecule has 1 saturated carbocycles. The molecule has 0 aliphatic heterocycles. The number of aromatic nitrogens is 2. The van der Waals surface area contributed by atoms with Gasteiger partial charge in [0.05, 0.1) is 17.1 Å². The van der Waals surface area contributed by atoms with Gasteiger partial charge in [0.2, 0.25) is 0 Å². The number of hydrogen-bond acceptors (Lipinski definition) is 3. The zero-order valence-electron chi connectivity index (χ0n) is 16.2. The average molecular weight is 381 g/mol. The van der Waals surface area contributed by atoms with Crippen molar-refractivity contribution in [3.8, 4) is 5.69 Å². The van der Waals surface area contributed by atoms with E-state index in [2.05, 4.69) is 27.0 Å². The van der Waals surface area contributed by atoms with Gasteiger partial charge in [0.15, 0.2) is 5.43 Å². The van der Waals surface area contributed by atoms with Gasteiger partial charge in [-0.25, -0.2) is 0 Å². The highest BCUT2D eigenvalue weighted by Gasteiger charge is 2.22. The van der Waals surface area contributed by atoms with Gasteiger partial charge in [0, 0.05) is 23.6 Å². The first-order valence-corrected chi connectivity index (χ1v) is 10.2. The van der Waals surface area contributed by atoms with E-state index in [0.717, 1.165) is 46.5 Å². The fourth-order valence-corrected chi connectivity index (χ4v) is 4.46. The van der Waals surface area contributed by atoms with Crippen molar-refractivity contribution in [2.45, 2.75) is 31.6 Å². The Morgan fingerprint density at radius 1 is 0.897 bits per heavy atom. The molecule has 0 unspecified atom stereocenters. The van der Waals surface area contributed by atoms with E-state index in [4.69, 9.17) is 0 Å². The number of fused-ring (bicyclic) bond motifs is 1. The number of anilines is 2. The van der Waals surface area contributed by atoms with E-state index in [1.807, 2.05) is 60.9 Å². The molecule has 4 nitrogen and oxygen atoms in total. The van der Waals surface area contributed by atoms with Crippen LogP contribution >= 0.6 is 0 Å². The lowest BCUT2D eigenvalue weighted by atomic mass is 9.95. The van der Waals surface area contributed by atoms with Crippen molar-refractivity contribution in [2.24, 2.45) is 0 Å². The SMILES string of the molecule is O=c1cc(Nc2ccccc2)n(-c2ccccc2)c2cncc(C3CCCC3)c12. The molecule has 29 heavy (non-hydrogen) atoms. The number of pyridine rings is 2.